The molecule has 6 rings (SSSR count). The van der Waals surface area contributed by atoms with Crippen LogP contribution in [0.4, 0.5) is 0 Å². The Kier molecular flexibility index (Phi) is 7.17. The third kappa shape index (κ3) is 5.07. The fourth-order valence-electron chi connectivity index (χ4n) is 5.06. The molecule has 3 aromatic heterocycles. The molecule has 0 N–H and O–H groups in total. The van der Waals surface area contributed by atoms with Crippen LogP contribution in [0.25, 0.3) is 33.3 Å². The predicted molar refractivity (Wildman–Crippen MR) is 151 cm³/mol. The van der Waals surface area contributed by atoms with E-state index >= 15 is 0 Å². The number of benzene rings is 2. The van der Waals surface area contributed by atoms with E-state index in [0.717, 1.165) is 60.2 Å². The first-order valence-corrected chi connectivity index (χ1v) is 14.1. The molecule has 1 aliphatic heterocycles. The molecule has 0 spiro atoms. The minimum Gasteiger partial charge on any atom is -0.493 e. The number of rotatable bonds is 8. The highest BCUT2D eigenvalue weighted by molar-refractivity contribution is 7.83. The highest BCUT2D eigenvalue weighted by atomic mass is 32.2. The van der Waals surface area contributed by atoms with Crippen molar-refractivity contribution in [2.75, 3.05) is 27.4 Å². The van der Waals surface area contributed by atoms with Crippen molar-refractivity contribution in [3.05, 3.63) is 79.4 Å². The van der Waals surface area contributed by atoms with Gasteiger partial charge in [0.05, 0.1) is 25.3 Å². The second-order valence-corrected chi connectivity index (χ2v) is 11.0. The van der Waals surface area contributed by atoms with Gasteiger partial charge in [-0.3, -0.25) is 4.68 Å². The molecule has 0 radical (unpaired) electrons. The zero-order chi connectivity index (χ0) is 26.8. The number of ether oxygens (including phenoxy) is 3. The molecule has 39 heavy (non-hydrogen) atoms. The molecule has 1 aliphatic rings. The van der Waals surface area contributed by atoms with Crippen molar-refractivity contribution in [2.24, 2.45) is 5.92 Å². The van der Waals surface area contributed by atoms with E-state index in [9.17, 15) is 4.21 Å². The standard InChI is InChI=1S/C30H30N4O4S/c1-36-28-9-8-22(15-29(28)37-2)23-14-26-27(24-17-32-33(19-24)18-21-10-12-38-13-11-21)20-34(30(26)31-16-23)39(35)25-6-4-3-5-7-25/h3-9,14-17,19-21H,10-13,18H2,1-2H3. The number of hydrogen-bond acceptors (Lipinski definition) is 6. The normalized spacial score (nSPS) is 14.9. The van der Waals surface area contributed by atoms with Crippen molar-refractivity contribution in [1.29, 1.82) is 0 Å². The Morgan fingerprint density at radius 3 is 2.49 bits per heavy atom. The van der Waals surface area contributed by atoms with Gasteiger partial charge < -0.3 is 14.2 Å². The lowest BCUT2D eigenvalue weighted by Crippen LogP contribution is -2.20. The Balaban J connectivity index is 1.44. The van der Waals surface area contributed by atoms with Crippen molar-refractivity contribution in [3.8, 4) is 33.8 Å². The molecule has 1 fully saturated rings. The minimum absolute atomic E-state index is 0.553. The van der Waals surface area contributed by atoms with Crippen LogP contribution in [-0.4, -0.2) is 50.4 Å². The van der Waals surface area contributed by atoms with E-state index in [4.69, 9.17) is 19.2 Å². The maximum atomic E-state index is 13.7. The summed E-state index contributed by atoms with van der Waals surface area (Å²) < 4.78 is 33.8. The molecule has 200 valence electrons. The predicted octanol–water partition coefficient (Wildman–Crippen LogP) is 5.58. The smallest absolute Gasteiger partial charge is 0.161 e. The summed E-state index contributed by atoms with van der Waals surface area (Å²) >= 11 is 0. The van der Waals surface area contributed by atoms with Crippen LogP contribution < -0.4 is 9.47 Å². The summed E-state index contributed by atoms with van der Waals surface area (Å²) in [6.45, 7) is 2.47. The Morgan fingerprint density at radius 2 is 1.72 bits per heavy atom. The van der Waals surface area contributed by atoms with Crippen LogP contribution in [0.3, 0.4) is 0 Å². The highest BCUT2D eigenvalue weighted by Gasteiger charge is 2.20. The fourth-order valence-corrected chi connectivity index (χ4v) is 6.18. The molecular weight excluding hydrogens is 512 g/mol. The Hall–Kier alpha value is -3.95. The van der Waals surface area contributed by atoms with E-state index in [1.807, 2.05) is 65.6 Å². The lowest BCUT2D eigenvalue weighted by Gasteiger charge is -2.21. The lowest BCUT2D eigenvalue weighted by molar-refractivity contribution is 0.0601. The molecule has 5 aromatic rings. The third-order valence-electron chi connectivity index (χ3n) is 7.18. The van der Waals surface area contributed by atoms with E-state index in [1.165, 1.54) is 0 Å². The molecule has 4 heterocycles. The summed E-state index contributed by atoms with van der Waals surface area (Å²) in [5, 5.41) is 5.57. The maximum Gasteiger partial charge on any atom is 0.161 e. The van der Waals surface area contributed by atoms with Crippen LogP contribution in [0.1, 0.15) is 12.8 Å². The first-order chi connectivity index (χ1) is 19.1. The number of pyridine rings is 1. The molecule has 2 aromatic carbocycles. The van der Waals surface area contributed by atoms with Crippen molar-refractivity contribution in [1.82, 2.24) is 18.7 Å². The molecule has 9 heteroatoms. The molecule has 1 unspecified atom stereocenters. The van der Waals surface area contributed by atoms with Crippen LogP contribution in [0, 0.1) is 5.92 Å². The summed E-state index contributed by atoms with van der Waals surface area (Å²) in [7, 11) is 1.79. The summed E-state index contributed by atoms with van der Waals surface area (Å²) in [6.07, 6.45) is 9.78. The SMILES string of the molecule is COc1ccc(-c2cnc3c(c2)c(-c2cnn(CC4CCOCC4)c2)cn3S(=O)c2ccccc2)cc1OC. The van der Waals surface area contributed by atoms with Gasteiger partial charge in [0, 0.05) is 60.4 Å². The molecule has 0 amide bonds. The summed E-state index contributed by atoms with van der Waals surface area (Å²) in [6, 6.07) is 17.3. The highest BCUT2D eigenvalue weighted by Crippen LogP contribution is 2.36. The first-order valence-electron chi connectivity index (χ1n) is 13.0. The lowest BCUT2D eigenvalue weighted by atomic mass is 10.0. The molecule has 8 nitrogen and oxygen atoms in total. The number of nitrogens with zero attached hydrogens (tertiary/aromatic N) is 4. The van der Waals surface area contributed by atoms with Crippen molar-refractivity contribution in [2.45, 2.75) is 24.3 Å². The van der Waals surface area contributed by atoms with E-state index in [-0.39, 0.29) is 0 Å². The van der Waals surface area contributed by atoms with Crippen molar-refractivity contribution < 1.29 is 18.4 Å². The number of hydrogen-bond donors (Lipinski definition) is 0. The Bertz CT molecular complexity index is 1620. The molecular formula is C30H30N4O4S. The van der Waals surface area contributed by atoms with Crippen molar-refractivity contribution >= 4 is 22.0 Å². The van der Waals surface area contributed by atoms with Crippen LogP contribution >= 0.6 is 0 Å². The largest absolute Gasteiger partial charge is 0.493 e. The van der Waals surface area contributed by atoms with Crippen LogP contribution in [0.5, 0.6) is 11.5 Å². The number of fused-ring (bicyclic) bond motifs is 1. The second-order valence-electron chi connectivity index (χ2n) is 9.60. The fraction of sp³-hybridized carbons (Fsp3) is 0.267. The van der Waals surface area contributed by atoms with E-state index in [2.05, 4.69) is 17.4 Å². The molecule has 1 atom stereocenters. The molecule has 1 saturated heterocycles. The first kappa shape index (κ1) is 25.3. The quantitative estimate of drug-likeness (QED) is 0.255. The van der Waals surface area contributed by atoms with Crippen LogP contribution in [0.15, 0.2) is 84.3 Å². The van der Waals surface area contributed by atoms with Gasteiger partial charge in [-0.25, -0.2) is 13.2 Å². The van der Waals surface area contributed by atoms with Crippen LogP contribution in [0.2, 0.25) is 0 Å². The monoisotopic (exact) mass is 542 g/mol. The topological polar surface area (TPSA) is 80.4 Å². The molecule has 0 bridgehead atoms. The van der Waals surface area contributed by atoms with Gasteiger partial charge >= 0.3 is 0 Å². The number of methoxy groups -OCH3 is 2. The van der Waals surface area contributed by atoms with Gasteiger partial charge in [-0.05, 0) is 54.7 Å². The molecule has 0 aliphatic carbocycles. The zero-order valence-corrected chi connectivity index (χ0v) is 22.8. The van der Waals surface area contributed by atoms with Gasteiger partial charge in [0.15, 0.2) is 28.1 Å². The zero-order valence-electron chi connectivity index (χ0n) is 21.9. The molecule has 0 saturated carbocycles. The maximum absolute atomic E-state index is 13.7. The van der Waals surface area contributed by atoms with Crippen LogP contribution in [-0.2, 0) is 22.3 Å². The van der Waals surface area contributed by atoms with Gasteiger partial charge in [0.2, 0.25) is 0 Å². The van der Waals surface area contributed by atoms with Gasteiger partial charge in [-0.15, -0.1) is 0 Å². The van der Waals surface area contributed by atoms with Gasteiger partial charge in [-0.2, -0.15) is 5.10 Å². The van der Waals surface area contributed by atoms with Crippen molar-refractivity contribution in [3.63, 3.8) is 0 Å². The average Bonchev–Trinajstić information content (AvgIpc) is 3.61. The number of aromatic nitrogens is 4. The summed E-state index contributed by atoms with van der Waals surface area (Å²) in [5.41, 5.74) is 4.40. The van der Waals surface area contributed by atoms with E-state index in [1.54, 1.807) is 24.4 Å². The minimum atomic E-state index is -1.46. The van der Waals surface area contributed by atoms with Gasteiger partial charge in [-0.1, -0.05) is 24.3 Å². The summed E-state index contributed by atoms with van der Waals surface area (Å²) in [4.78, 5) is 5.52. The van der Waals surface area contributed by atoms with E-state index < -0.39 is 11.0 Å². The summed E-state index contributed by atoms with van der Waals surface area (Å²) in [5.74, 6) is 1.86. The Labute approximate surface area is 229 Å². The average molecular weight is 543 g/mol. The second kappa shape index (κ2) is 11.0. The van der Waals surface area contributed by atoms with Gasteiger partial charge in [0.25, 0.3) is 0 Å². The van der Waals surface area contributed by atoms with Gasteiger partial charge in [0.1, 0.15) is 0 Å². The Morgan fingerprint density at radius 1 is 0.923 bits per heavy atom. The third-order valence-corrected chi connectivity index (χ3v) is 8.49. The van der Waals surface area contributed by atoms with E-state index in [0.29, 0.717) is 28.0 Å².